The Kier molecular flexibility index (Phi) is 9.18. The maximum Gasteiger partial charge on any atom is 0.410 e. The fourth-order valence-corrected chi connectivity index (χ4v) is 4.80. The van der Waals surface area contributed by atoms with Crippen LogP contribution in [0.15, 0.2) is 54.9 Å². The molecule has 11 nitrogen and oxygen atoms in total. The summed E-state index contributed by atoms with van der Waals surface area (Å²) in [6.45, 7) is 6.60. The molecule has 3 aromatic rings. The average molecular weight is 616 g/mol. The van der Waals surface area contributed by atoms with Crippen molar-refractivity contribution in [1.29, 1.82) is 0 Å². The first-order chi connectivity index (χ1) is 21.5. The van der Waals surface area contributed by atoms with Crippen LogP contribution in [-0.2, 0) is 9.53 Å². The summed E-state index contributed by atoms with van der Waals surface area (Å²) in [6.07, 6.45) is 3.82. The number of fused-ring (bicyclic) bond motifs is 1. The normalized spacial score (nSPS) is 16.8. The summed E-state index contributed by atoms with van der Waals surface area (Å²) in [5.74, 6) is 5.37. The van der Waals surface area contributed by atoms with E-state index in [1.807, 2.05) is 26.8 Å². The summed E-state index contributed by atoms with van der Waals surface area (Å²) in [7, 11) is 1.60. The van der Waals surface area contributed by atoms with Crippen molar-refractivity contribution in [1.82, 2.24) is 20.2 Å². The van der Waals surface area contributed by atoms with Crippen LogP contribution in [0.4, 0.5) is 14.9 Å². The summed E-state index contributed by atoms with van der Waals surface area (Å²) in [5.41, 5.74) is 0.671. The minimum atomic E-state index is -0.998. The van der Waals surface area contributed by atoms with Crippen LogP contribution in [0.25, 0.3) is 0 Å². The van der Waals surface area contributed by atoms with Gasteiger partial charge in [-0.15, -0.1) is 0 Å². The predicted molar refractivity (Wildman–Crippen MR) is 163 cm³/mol. The molecule has 1 N–H and O–H groups in total. The average Bonchev–Trinajstić information content (AvgIpc) is 3.12. The molecule has 2 aromatic heterocycles. The van der Waals surface area contributed by atoms with Crippen molar-refractivity contribution in [2.75, 3.05) is 31.6 Å². The van der Waals surface area contributed by atoms with Crippen LogP contribution >= 0.6 is 0 Å². The summed E-state index contributed by atoms with van der Waals surface area (Å²) in [4.78, 5) is 49.5. The van der Waals surface area contributed by atoms with E-state index in [2.05, 4.69) is 27.1 Å². The highest BCUT2D eigenvalue weighted by Crippen LogP contribution is 2.32. The molecule has 0 aliphatic carbocycles. The Hall–Kier alpha value is -5.18. The number of pyridine rings is 2. The molecule has 1 aromatic carbocycles. The molecule has 2 aliphatic rings. The highest BCUT2D eigenvalue weighted by molar-refractivity contribution is 6.03. The van der Waals surface area contributed by atoms with Gasteiger partial charge in [-0.2, -0.15) is 4.39 Å². The molecular formula is C33H34FN5O6. The fraction of sp³-hybridized carbons (Fsp3) is 0.364. The van der Waals surface area contributed by atoms with Gasteiger partial charge in [0, 0.05) is 50.1 Å². The number of piperidine rings is 1. The van der Waals surface area contributed by atoms with Crippen molar-refractivity contribution < 1.29 is 33.0 Å². The molecule has 1 unspecified atom stereocenters. The lowest BCUT2D eigenvalue weighted by molar-refractivity contribution is -0.120. The second kappa shape index (κ2) is 13.2. The molecule has 12 heteroatoms. The van der Waals surface area contributed by atoms with Crippen LogP contribution in [0.2, 0.25) is 0 Å². The van der Waals surface area contributed by atoms with Crippen molar-refractivity contribution in [3.63, 3.8) is 0 Å². The first-order valence-electron chi connectivity index (χ1n) is 14.6. The highest BCUT2D eigenvalue weighted by Gasteiger charge is 2.31. The Morgan fingerprint density at radius 1 is 1.09 bits per heavy atom. The Morgan fingerprint density at radius 3 is 2.60 bits per heavy atom. The number of aromatic nitrogens is 2. The number of carbonyl (C=O) groups excluding carboxylic acids is 3. The van der Waals surface area contributed by atoms with Crippen molar-refractivity contribution in [3.8, 4) is 29.1 Å². The van der Waals surface area contributed by atoms with Gasteiger partial charge in [-0.05, 0) is 70.0 Å². The van der Waals surface area contributed by atoms with E-state index in [0.29, 0.717) is 30.1 Å². The van der Waals surface area contributed by atoms with E-state index in [9.17, 15) is 18.8 Å². The number of likely N-dealkylation sites (N-methyl/N-ethyl adjacent to an activating group) is 1. The maximum absolute atomic E-state index is 13.9. The fourth-order valence-electron chi connectivity index (χ4n) is 4.80. The van der Waals surface area contributed by atoms with Crippen LogP contribution < -0.4 is 19.7 Å². The third-order valence-corrected chi connectivity index (χ3v) is 7.14. The van der Waals surface area contributed by atoms with Crippen LogP contribution in [0.1, 0.15) is 49.7 Å². The van der Waals surface area contributed by atoms with E-state index < -0.39 is 23.5 Å². The maximum atomic E-state index is 13.9. The molecule has 5 rings (SSSR count). The first kappa shape index (κ1) is 31.3. The number of amides is 3. The van der Waals surface area contributed by atoms with E-state index in [1.54, 1.807) is 24.1 Å². The van der Waals surface area contributed by atoms with Crippen molar-refractivity contribution in [2.45, 2.75) is 45.3 Å². The van der Waals surface area contributed by atoms with E-state index in [0.717, 1.165) is 12.8 Å². The molecule has 1 fully saturated rings. The quantitative estimate of drug-likeness (QED) is 0.335. The zero-order valence-electron chi connectivity index (χ0n) is 25.5. The number of hydrogen-bond acceptors (Lipinski definition) is 8. The minimum absolute atomic E-state index is 0.0245. The molecule has 3 amide bonds. The van der Waals surface area contributed by atoms with E-state index in [1.165, 1.54) is 41.6 Å². The number of benzene rings is 1. The highest BCUT2D eigenvalue weighted by atomic mass is 19.1. The van der Waals surface area contributed by atoms with Gasteiger partial charge in [0.05, 0.1) is 5.69 Å². The second-order valence-corrected chi connectivity index (χ2v) is 11.7. The Bertz CT molecular complexity index is 1650. The lowest BCUT2D eigenvalue weighted by Gasteiger charge is -2.31. The number of halogens is 1. The van der Waals surface area contributed by atoms with Gasteiger partial charge in [-0.1, -0.05) is 11.8 Å². The topological polar surface area (TPSA) is 123 Å². The second-order valence-electron chi connectivity index (χ2n) is 11.7. The van der Waals surface area contributed by atoms with Gasteiger partial charge in [0.25, 0.3) is 17.8 Å². The summed E-state index contributed by atoms with van der Waals surface area (Å²) in [5, 5.41) is 2.67. The smallest absolute Gasteiger partial charge is 0.410 e. The molecule has 0 radical (unpaired) electrons. The van der Waals surface area contributed by atoms with Gasteiger partial charge < -0.3 is 29.3 Å². The van der Waals surface area contributed by atoms with Gasteiger partial charge >= 0.3 is 6.09 Å². The van der Waals surface area contributed by atoms with Gasteiger partial charge in [0.15, 0.2) is 5.75 Å². The van der Waals surface area contributed by atoms with Crippen molar-refractivity contribution in [3.05, 3.63) is 72.1 Å². The molecule has 45 heavy (non-hydrogen) atoms. The van der Waals surface area contributed by atoms with Crippen molar-refractivity contribution in [2.24, 2.45) is 5.92 Å². The van der Waals surface area contributed by atoms with Crippen LogP contribution in [0.5, 0.6) is 17.2 Å². The Balaban J connectivity index is 1.20. The summed E-state index contributed by atoms with van der Waals surface area (Å²) in [6, 6.07) is 10.1. The molecular weight excluding hydrogens is 581 g/mol. The molecule has 4 heterocycles. The number of hydrogen-bond donors (Lipinski definition) is 1. The molecule has 234 valence electrons. The Labute approximate surface area is 260 Å². The molecule has 0 spiro atoms. The third kappa shape index (κ3) is 7.86. The van der Waals surface area contributed by atoms with Gasteiger partial charge in [0.2, 0.25) is 0 Å². The lowest BCUT2D eigenvalue weighted by Crippen LogP contribution is -2.49. The van der Waals surface area contributed by atoms with Crippen LogP contribution in [0.3, 0.4) is 0 Å². The number of nitrogens with zero attached hydrogens (tertiary/aromatic N) is 4. The van der Waals surface area contributed by atoms with Gasteiger partial charge in [-0.25, -0.2) is 9.78 Å². The third-order valence-electron chi connectivity index (χ3n) is 7.14. The molecule has 1 saturated heterocycles. The first-order valence-corrected chi connectivity index (χ1v) is 14.6. The molecule has 1 atom stereocenters. The number of likely N-dealkylation sites (tertiary alicyclic amines) is 1. The number of rotatable bonds is 4. The SMILES string of the molecule is CN1C(=O)C(NC(=O)c2cc(Oc3cccnc3F)ccn2)COc2ccc(C#CC3CCN(C(=O)OC(C)(C)C)CC3)cc21. The number of ether oxygens (including phenoxy) is 3. The monoisotopic (exact) mass is 615 g/mol. The van der Waals surface area contributed by atoms with Gasteiger partial charge in [0.1, 0.15) is 35.4 Å². The Morgan fingerprint density at radius 2 is 1.87 bits per heavy atom. The summed E-state index contributed by atoms with van der Waals surface area (Å²) >= 11 is 0. The lowest BCUT2D eigenvalue weighted by atomic mass is 9.97. The molecule has 0 saturated carbocycles. The minimum Gasteiger partial charge on any atom is -0.489 e. The van der Waals surface area contributed by atoms with Crippen molar-refractivity contribution >= 4 is 23.6 Å². The zero-order valence-corrected chi connectivity index (χ0v) is 25.5. The standard InChI is InChI=1S/C33H34FN5O6/c1-33(2,3)45-32(42)39-16-12-21(13-17-39)7-8-22-9-10-27-26(18-22)38(4)31(41)25(20-43-27)37-30(40)24-19-23(11-15-35-24)44-28-6-5-14-36-29(28)34/h5-6,9-11,14-15,18-19,21,25H,12-13,16-17,20H2,1-4H3,(H,37,40). The number of carbonyl (C=O) groups is 3. The predicted octanol–water partition coefficient (Wildman–Crippen LogP) is 4.56. The van der Waals surface area contributed by atoms with E-state index in [-0.39, 0.29) is 41.7 Å². The van der Waals surface area contributed by atoms with E-state index >= 15 is 0 Å². The number of anilines is 1. The zero-order chi connectivity index (χ0) is 32.1. The number of nitrogens with one attached hydrogen (secondary N) is 1. The van der Waals surface area contributed by atoms with Crippen LogP contribution in [-0.4, -0.2) is 71.2 Å². The molecule has 2 aliphatic heterocycles. The molecule has 0 bridgehead atoms. The largest absolute Gasteiger partial charge is 0.489 e. The van der Waals surface area contributed by atoms with Crippen LogP contribution in [0, 0.1) is 23.7 Å². The van der Waals surface area contributed by atoms with E-state index in [4.69, 9.17) is 14.2 Å². The summed E-state index contributed by atoms with van der Waals surface area (Å²) < 4.78 is 30.8. The van der Waals surface area contributed by atoms with Gasteiger partial charge in [-0.3, -0.25) is 14.6 Å².